The summed E-state index contributed by atoms with van der Waals surface area (Å²) in [5, 5.41) is 15.5. The Bertz CT molecular complexity index is 596. The highest BCUT2D eigenvalue weighted by atomic mass is 16.4. The number of aromatic nitrogens is 3. The lowest BCUT2D eigenvalue weighted by molar-refractivity contribution is 0.0687. The van der Waals surface area contributed by atoms with Crippen molar-refractivity contribution in [2.45, 2.75) is 25.4 Å². The van der Waals surface area contributed by atoms with E-state index in [0.29, 0.717) is 6.54 Å². The zero-order chi connectivity index (χ0) is 13.9. The number of hydrogen-bond donors (Lipinski definition) is 2. The summed E-state index contributed by atoms with van der Waals surface area (Å²) in [6.07, 6.45) is 5.54. The molecule has 0 amide bonds. The van der Waals surface area contributed by atoms with Gasteiger partial charge in [0.25, 0.3) is 0 Å². The Labute approximate surface area is 116 Å². The quantitative estimate of drug-likeness (QED) is 0.887. The molecule has 2 aromatic rings. The molecule has 2 aromatic heterocycles. The van der Waals surface area contributed by atoms with E-state index in [0.717, 1.165) is 30.6 Å². The molecule has 1 aliphatic rings. The predicted octanol–water partition coefficient (Wildman–Crippen LogP) is 1.84. The highest BCUT2D eigenvalue weighted by molar-refractivity contribution is 5.86. The van der Waals surface area contributed by atoms with Crippen molar-refractivity contribution in [2.24, 2.45) is 0 Å². The Kier molecular flexibility index (Phi) is 3.47. The number of rotatable bonds is 4. The van der Waals surface area contributed by atoms with Crippen molar-refractivity contribution in [1.29, 1.82) is 0 Å². The van der Waals surface area contributed by atoms with Crippen molar-refractivity contribution in [3.05, 3.63) is 47.5 Å². The van der Waals surface area contributed by atoms with Crippen molar-refractivity contribution in [3.8, 4) is 0 Å². The summed E-state index contributed by atoms with van der Waals surface area (Å²) >= 11 is 0. The highest BCUT2D eigenvalue weighted by Gasteiger charge is 2.28. The van der Waals surface area contributed by atoms with Gasteiger partial charge in [0.15, 0.2) is 0 Å². The lowest BCUT2D eigenvalue weighted by Crippen LogP contribution is -2.24. The molecular weight excluding hydrogens is 256 g/mol. The number of aromatic amines is 1. The number of H-pyrrole nitrogens is 1. The van der Waals surface area contributed by atoms with Crippen molar-refractivity contribution in [2.75, 3.05) is 6.54 Å². The van der Waals surface area contributed by atoms with Crippen LogP contribution in [0.1, 0.15) is 40.6 Å². The second kappa shape index (κ2) is 5.42. The molecule has 0 aromatic carbocycles. The van der Waals surface area contributed by atoms with Gasteiger partial charge >= 0.3 is 5.97 Å². The van der Waals surface area contributed by atoms with E-state index in [1.54, 1.807) is 12.4 Å². The average Bonchev–Trinajstić information content (AvgIpc) is 3.09. The number of aromatic carboxylic acids is 1. The molecule has 0 spiro atoms. The molecule has 1 saturated heterocycles. The summed E-state index contributed by atoms with van der Waals surface area (Å²) in [4.78, 5) is 17.8. The smallest absolute Gasteiger partial charge is 0.354 e. The average molecular weight is 272 g/mol. The fourth-order valence-electron chi connectivity index (χ4n) is 2.76. The van der Waals surface area contributed by atoms with Crippen LogP contribution >= 0.6 is 0 Å². The van der Waals surface area contributed by atoms with E-state index in [1.807, 2.05) is 18.2 Å². The summed E-state index contributed by atoms with van der Waals surface area (Å²) in [5.41, 5.74) is 1.95. The first kappa shape index (κ1) is 12.8. The molecule has 1 aliphatic heterocycles. The zero-order valence-corrected chi connectivity index (χ0v) is 11.0. The van der Waals surface area contributed by atoms with Crippen molar-refractivity contribution in [1.82, 2.24) is 20.1 Å². The van der Waals surface area contributed by atoms with Gasteiger partial charge in [-0.15, -0.1) is 0 Å². The van der Waals surface area contributed by atoms with Gasteiger partial charge in [-0.3, -0.25) is 15.0 Å². The topological polar surface area (TPSA) is 82.1 Å². The summed E-state index contributed by atoms with van der Waals surface area (Å²) in [6, 6.07) is 6.17. The number of carboxylic acids is 1. The molecule has 1 fully saturated rings. The molecule has 20 heavy (non-hydrogen) atoms. The van der Waals surface area contributed by atoms with Crippen LogP contribution in [0.15, 0.2) is 30.6 Å². The van der Waals surface area contributed by atoms with Crippen LogP contribution in [0, 0.1) is 0 Å². The second-order valence-electron chi connectivity index (χ2n) is 4.96. The number of hydrogen-bond acceptors (Lipinski definition) is 4. The molecule has 3 heterocycles. The number of carboxylic acid groups (broad SMARTS) is 1. The predicted molar refractivity (Wildman–Crippen MR) is 72.2 cm³/mol. The minimum Gasteiger partial charge on any atom is -0.477 e. The molecule has 3 rings (SSSR count). The van der Waals surface area contributed by atoms with E-state index in [1.165, 1.54) is 0 Å². The molecule has 0 unspecified atom stereocenters. The van der Waals surface area contributed by atoms with Gasteiger partial charge in [0.2, 0.25) is 0 Å². The van der Waals surface area contributed by atoms with E-state index in [2.05, 4.69) is 20.1 Å². The van der Waals surface area contributed by atoms with Gasteiger partial charge in [-0.25, -0.2) is 4.79 Å². The van der Waals surface area contributed by atoms with Gasteiger partial charge in [0, 0.05) is 18.3 Å². The second-order valence-corrected chi connectivity index (χ2v) is 4.96. The number of nitrogens with zero attached hydrogens (tertiary/aromatic N) is 3. The maximum Gasteiger partial charge on any atom is 0.354 e. The standard InChI is InChI=1S/C14H16N4O2/c19-14(20)13-10(8-16-17-13)9-18-7-3-5-12(18)11-4-1-2-6-15-11/h1-2,4,6,8,12H,3,5,7,9H2,(H,16,17)(H,19,20)/t12-/m1/s1. The van der Waals surface area contributed by atoms with Gasteiger partial charge in [0.05, 0.1) is 17.9 Å². The first-order chi connectivity index (χ1) is 9.75. The van der Waals surface area contributed by atoms with Crippen molar-refractivity contribution in [3.63, 3.8) is 0 Å². The Hall–Kier alpha value is -2.21. The first-order valence-electron chi connectivity index (χ1n) is 6.66. The van der Waals surface area contributed by atoms with Crippen LogP contribution in [0.3, 0.4) is 0 Å². The molecule has 2 N–H and O–H groups in total. The first-order valence-corrected chi connectivity index (χ1v) is 6.66. The highest BCUT2D eigenvalue weighted by Crippen LogP contribution is 2.32. The molecule has 0 saturated carbocycles. The van der Waals surface area contributed by atoms with Crippen LogP contribution in [0.4, 0.5) is 0 Å². The van der Waals surface area contributed by atoms with Gasteiger partial charge in [-0.05, 0) is 31.5 Å². The normalized spacial score (nSPS) is 19.3. The summed E-state index contributed by atoms with van der Waals surface area (Å²) < 4.78 is 0. The maximum absolute atomic E-state index is 11.1. The van der Waals surface area contributed by atoms with Gasteiger partial charge in [-0.1, -0.05) is 6.07 Å². The molecule has 1 atom stereocenters. The molecule has 0 radical (unpaired) electrons. The Morgan fingerprint density at radius 1 is 1.50 bits per heavy atom. The van der Waals surface area contributed by atoms with E-state index in [4.69, 9.17) is 5.11 Å². The van der Waals surface area contributed by atoms with Crippen LogP contribution in [0.2, 0.25) is 0 Å². The SMILES string of the molecule is O=C(O)c1[nH]ncc1CN1CCC[C@@H]1c1ccccn1. The van der Waals surface area contributed by atoms with Crippen LogP contribution < -0.4 is 0 Å². The van der Waals surface area contributed by atoms with E-state index in [-0.39, 0.29) is 11.7 Å². The van der Waals surface area contributed by atoms with Crippen LogP contribution in [0.25, 0.3) is 0 Å². The maximum atomic E-state index is 11.1. The van der Waals surface area contributed by atoms with Crippen molar-refractivity contribution >= 4 is 5.97 Å². The summed E-state index contributed by atoms with van der Waals surface area (Å²) in [7, 11) is 0. The zero-order valence-electron chi connectivity index (χ0n) is 11.0. The number of likely N-dealkylation sites (tertiary alicyclic amines) is 1. The van der Waals surface area contributed by atoms with Gasteiger partial charge < -0.3 is 5.11 Å². The number of pyridine rings is 1. The Morgan fingerprint density at radius 2 is 2.40 bits per heavy atom. The fourth-order valence-corrected chi connectivity index (χ4v) is 2.76. The fraction of sp³-hybridized carbons (Fsp3) is 0.357. The molecule has 6 nitrogen and oxygen atoms in total. The van der Waals surface area contributed by atoms with E-state index >= 15 is 0 Å². The number of carbonyl (C=O) groups is 1. The van der Waals surface area contributed by atoms with Crippen molar-refractivity contribution < 1.29 is 9.90 Å². The monoisotopic (exact) mass is 272 g/mol. The molecule has 0 bridgehead atoms. The van der Waals surface area contributed by atoms with E-state index in [9.17, 15) is 4.79 Å². The van der Waals surface area contributed by atoms with Gasteiger partial charge in [0.1, 0.15) is 5.69 Å². The summed E-state index contributed by atoms with van der Waals surface area (Å²) in [5.74, 6) is -0.967. The minimum absolute atomic E-state index is 0.177. The lowest BCUT2D eigenvalue weighted by Gasteiger charge is -2.23. The molecule has 104 valence electrons. The Morgan fingerprint density at radius 3 is 3.15 bits per heavy atom. The minimum atomic E-state index is -0.967. The van der Waals surface area contributed by atoms with E-state index < -0.39 is 5.97 Å². The summed E-state index contributed by atoms with van der Waals surface area (Å²) in [6.45, 7) is 1.53. The third-order valence-corrected chi connectivity index (χ3v) is 3.70. The third kappa shape index (κ3) is 2.42. The van der Waals surface area contributed by atoms with Gasteiger partial charge in [-0.2, -0.15) is 5.10 Å². The molecule has 6 heteroatoms. The number of nitrogens with one attached hydrogen (secondary N) is 1. The lowest BCUT2D eigenvalue weighted by atomic mass is 10.1. The largest absolute Gasteiger partial charge is 0.477 e. The van der Waals surface area contributed by atoms with Crippen LogP contribution in [-0.4, -0.2) is 37.7 Å². The molecule has 0 aliphatic carbocycles. The van der Waals surface area contributed by atoms with Crippen LogP contribution in [-0.2, 0) is 6.54 Å². The Balaban J connectivity index is 1.80. The van der Waals surface area contributed by atoms with Crippen LogP contribution in [0.5, 0.6) is 0 Å². The third-order valence-electron chi connectivity index (χ3n) is 3.70. The molecular formula is C14H16N4O2.